The number of rotatable bonds is 4. The fourth-order valence-electron chi connectivity index (χ4n) is 3.49. The summed E-state index contributed by atoms with van der Waals surface area (Å²) in [5.41, 5.74) is 1.60. The number of benzene rings is 1. The van der Waals surface area contributed by atoms with E-state index in [-0.39, 0.29) is 0 Å². The second kappa shape index (κ2) is 5.38. The van der Waals surface area contributed by atoms with Gasteiger partial charge in [-0.25, -0.2) is 0 Å². The van der Waals surface area contributed by atoms with Gasteiger partial charge in [0, 0.05) is 36.8 Å². The van der Waals surface area contributed by atoms with Crippen molar-refractivity contribution >= 4 is 0 Å². The molecule has 1 N–H and O–H groups in total. The Morgan fingerprint density at radius 1 is 1.35 bits per heavy atom. The number of methoxy groups -OCH3 is 1. The molecule has 1 saturated carbocycles. The summed E-state index contributed by atoms with van der Waals surface area (Å²) in [6, 6.07) is 8.98. The van der Waals surface area contributed by atoms with Gasteiger partial charge in [0.25, 0.3) is 0 Å². The number of piperazine rings is 1. The van der Waals surface area contributed by atoms with Gasteiger partial charge < -0.3 is 10.1 Å². The Balaban J connectivity index is 1.82. The summed E-state index contributed by atoms with van der Waals surface area (Å²) >= 11 is 0. The van der Waals surface area contributed by atoms with E-state index in [2.05, 4.69) is 42.3 Å². The van der Waals surface area contributed by atoms with E-state index in [0.29, 0.717) is 11.6 Å². The molecule has 2 aliphatic rings. The zero-order chi connectivity index (χ0) is 14.2. The number of nitrogens with zero attached hydrogens (tertiary/aromatic N) is 1. The monoisotopic (exact) mass is 274 g/mol. The molecule has 2 atom stereocenters. The summed E-state index contributed by atoms with van der Waals surface area (Å²) < 4.78 is 5.52. The lowest BCUT2D eigenvalue weighted by Crippen LogP contribution is -2.63. The largest absolute Gasteiger partial charge is 0.496 e. The Bertz CT molecular complexity index is 472. The first-order valence-corrected chi connectivity index (χ1v) is 7.74. The molecule has 0 radical (unpaired) electrons. The summed E-state index contributed by atoms with van der Waals surface area (Å²) in [5.74, 6) is 1.87. The average Bonchev–Trinajstić information content (AvgIpc) is 3.28. The van der Waals surface area contributed by atoms with E-state index in [1.54, 1.807) is 7.11 Å². The van der Waals surface area contributed by atoms with Crippen LogP contribution in [0.1, 0.15) is 32.3 Å². The molecule has 1 saturated heterocycles. The molecule has 1 aromatic rings. The summed E-state index contributed by atoms with van der Waals surface area (Å²) in [4.78, 5) is 2.67. The van der Waals surface area contributed by atoms with Gasteiger partial charge in [-0.15, -0.1) is 0 Å². The predicted molar refractivity (Wildman–Crippen MR) is 82.0 cm³/mol. The van der Waals surface area contributed by atoms with Crippen molar-refractivity contribution in [2.45, 2.75) is 44.8 Å². The highest BCUT2D eigenvalue weighted by Crippen LogP contribution is 2.44. The van der Waals surface area contributed by atoms with Crippen LogP contribution in [0.25, 0.3) is 0 Å². The van der Waals surface area contributed by atoms with Crippen molar-refractivity contribution in [3.05, 3.63) is 29.8 Å². The molecule has 0 bridgehead atoms. The third-order valence-corrected chi connectivity index (χ3v) is 5.04. The van der Waals surface area contributed by atoms with E-state index in [0.717, 1.165) is 31.3 Å². The van der Waals surface area contributed by atoms with Crippen molar-refractivity contribution in [1.82, 2.24) is 10.2 Å². The van der Waals surface area contributed by atoms with Gasteiger partial charge in [0.1, 0.15) is 5.75 Å². The molecule has 110 valence electrons. The van der Waals surface area contributed by atoms with Gasteiger partial charge in [0.15, 0.2) is 0 Å². The lowest BCUT2D eigenvalue weighted by atomic mass is 9.89. The van der Waals surface area contributed by atoms with Crippen LogP contribution in [0, 0.1) is 5.92 Å². The number of hydrogen-bond donors (Lipinski definition) is 1. The number of nitrogens with one attached hydrogen (secondary N) is 1. The number of ether oxygens (including phenoxy) is 1. The molecule has 2 fully saturated rings. The Hall–Kier alpha value is -1.06. The van der Waals surface area contributed by atoms with Crippen LogP contribution in [0.4, 0.5) is 0 Å². The van der Waals surface area contributed by atoms with Crippen molar-refractivity contribution in [3.63, 3.8) is 0 Å². The number of para-hydroxylation sites is 1. The zero-order valence-corrected chi connectivity index (χ0v) is 12.9. The Labute approximate surface area is 122 Å². The molecular weight excluding hydrogens is 248 g/mol. The molecule has 0 amide bonds. The van der Waals surface area contributed by atoms with E-state index < -0.39 is 0 Å². The number of hydrogen-bond acceptors (Lipinski definition) is 3. The summed E-state index contributed by atoms with van der Waals surface area (Å²) in [6.07, 6.45) is 2.77. The first-order valence-electron chi connectivity index (χ1n) is 7.74. The van der Waals surface area contributed by atoms with Gasteiger partial charge in [0.2, 0.25) is 0 Å². The van der Waals surface area contributed by atoms with Crippen molar-refractivity contribution in [2.24, 2.45) is 5.92 Å². The predicted octanol–water partition coefficient (Wildman–Crippen LogP) is 2.66. The molecule has 1 aromatic carbocycles. The summed E-state index contributed by atoms with van der Waals surface area (Å²) in [5, 5.41) is 3.67. The van der Waals surface area contributed by atoms with Gasteiger partial charge >= 0.3 is 0 Å². The quantitative estimate of drug-likeness (QED) is 0.913. The lowest BCUT2D eigenvalue weighted by Gasteiger charge is -2.48. The molecule has 1 heterocycles. The SMILES string of the molecule is COc1ccccc1CN1CC(C)NCC1(C)C1CC1. The van der Waals surface area contributed by atoms with Gasteiger partial charge in [-0.2, -0.15) is 0 Å². The lowest BCUT2D eigenvalue weighted by molar-refractivity contribution is 0.0306. The Kier molecular flexibility index (Phi) is 3.74. The van der Waals surface area contributed by atoms with Crippen LogP contribution in [0.5, 0.6) is 5.75 Å². The van der Waals surface area contributed by atoms with Crippen LogP contribution in [0.15, 0.2) is 24.3 Å². The fourth-order valence-corrected chi connectivity index (χ4v) is 3.49. The van der Waals surface area contributed by atoms with E-state index in [4.69, 9.17) is 4.74 Å². The van der Waals surface area contributed by atoms with Crippen molar-refractivity contribution in [2.75, 3.05) is 20.2 Å². The van der Waals surface area contributed by atoms with E-state index in [1.165, 1.54) is 18.4 Å². The third-order valence-electron chi connectivity index (χ3n) is 5.04. The van der Waals surface area contributed by atoms with Gasteiger partial charge in [-0.3, -0.25) is 4.90 Å². The highest BCUT2D eigenvalue weighted by molar-refractivity contribution is 5.33. The standard InChI is InChI=1S/C17H26N2O/c1-13-10-19(17(2,12-18-13)15-8-9-15)11-14-6-4-5-7-16(14)20-3/h4-7,13,15,18H,8-12H2,1-3H3. The second-order valence-corrected chi connectivity index (χ2v) is 6.61. The van der Waals surface area contributed by atoms with Crippen molar-refractivity contribution in [1.29, 1.82) is 0 Å². The normalized spacial score (nSPS) is 31.2. The van der Waals surface area contributed by atoms with E-state index in [9.17, 15) is 0 Å². The first kappa shape index (κ1) is 13.9. The Morgan fingerprint density at radius 2 is 2.10 bits per heavy atom. The maximum atomic E-state index is 5.52. The van der Waals surface area contributed by atoms with Crippen LogP contribution in [-0.2, 0) is 6.54 Å². The molecule has 2 unspecified atom stereocenters. The average molecular weight is 274 g/mol. The third kappa shape index (κ3) is 2.57. The summed E-state index contributed by atoms with van der Waals surface area (Å²) in [6.45, 7) is 7.92. The molecule has 20 heavy (non-hydrogen) atoms. The van der Waals surface area contributed by atoms with Gasteiger partial charge in [-0.05, 0) is 38.7 Å². The van der Waals surface area contributed by atoms with E-state index in [1.807, 2.05) is 6.07 Å². The second-order valence-electron chi connectivity index (χ2n) is 6.61. The molecule has 3 heteroatoms. The van der Waals surface area contributed by atoms with Crippen molar-refractivity contribution < 1.29 is 4.74 Å². The van der Waals surface area contributed by atoms with Crippen LogP contribution >= 0.6 is 0 Å². The minimum absolute atomic E-state index is 0.299. The van der Waals surface area contributed by atoms with Crippen molar-refractivity contribution in [3.8, 4) is 5.75 Å². The fraction of sp³-hybridized carbons (Fsp3) is 0.647. The van der Waals surface area contributed by atoms with Gasteiger partial charge in [0.05, 0.1) is 7.11 Å². The highest BCUT2D eigenvalue weighted by Gasteiger charge is 2.47. The smallest absolute Gasteiger partial charge is 0.123 e. The molecule has 3 rings (SSSR count). The maximum absolute atomic E-state index is 5.52. The topological polar surface area (TPSA) is 24.5 Å². The molecule has 0 aromatic heterocycles. The van der Waals surface area contributed by atoms with E-state index >= 15 is 0 Å². The Morgan fingerprint density at radius 3 is 2.80 bits per heavy atom. The first-order chi connectivity index (χ1) is 9.63. The molecule has 1 aliphatic carbocycles. The van der Waals surface area contributed by atoms with Crippen LogP contribution < -0.4 is 10.1 Å². The molecule has 0 spiro atoms. The molecule has 3 nitrogen and oxygen atoms in total. The minimum Gasteiger partial charge on any atom is -0.496 e. The van der Waals surface area contributed by atoms with Crippen LogP contribution in [0.2, 0.25) is 0 Å². The molecular formula is C17H26N2O. The molecule has 1 aliphatic heterocycles. The highest BCUT2D eigenvalue weighted by atomic mass is 16.5. The summed E-state index contributed by atoms with van der Waals surface area (Å²) in [7, 11) is 1.76. The maximum Gasteiger partial charge on any atom is 0.123 e. The minimum atomic E-state index is 0.299. The van der Waals surface area contributed by atoms with Crippen LogP contribution in [0.3, 0.4) is 0 Å². The zero-order valence-electron chi connectivity index (χ0n) is 12.9. The van der Waals surface area contributed by atoms with Gasteiger partial charge in [-0.1, -0.05) is 18.2 Å². The van der Waals surface area contributed by atoms with Crippen LogP contribution in [-0.4, -0.2) is 36.7 Å².